The number of carbonyl (C=O) groups is 2. The summed E-state index contributed by atoms with van der Waals surface area (Å²) in [6, 6.07) is 0. The summed E-state index contributed by atoms with van der Waals surface area (Å²) in [4.78, 5) is 24.1. The largest absolute Gasteiger partial charge is 0.490 e. The van der Waals surface area contributed by atoms with Crippen molar-refractivity contribution in [3.8, 4) is 0 Å². The van der Waals surface area contributed by atoms with E-state index in [1.807, 2.05) is 18.7 Å². The van der Waals surface area contributed by atoms with Gasteiger partial charge in [0.25, 0.3) is 0 Å². The van der Waals surface area contributed by atoms with E-state index in [4.69, 9.17) is 24.3 Å². The average molecular weight is 488 g/mol. The van der Waals surface area contributed by atoms with Crippen LogP contribution in [0.5, 0.6) is 0 Å². The van der Waals surface area contributed by atoms with E-state index in [9.17, 15) is 26.3 Å². The molecule has 2 aromatic heterocycles. The molecule has 0 radical (unpaired) electrons. The van der Waals surface area contributed by atoms with Gasteiger partial charge in [0.05, 0.1) is 6.33 Å². The second-order valence-electron chi connectivity index (χ2n) is 6.88. The summed E-state index contributed by atoms with van der Waals surface area (Å²) in [5, 5.41) is 18.5. The molecule has 1 aliphatic carbocycles. The molecule has 0 aromatic carbocycles. The molecule has 2 aromatic rings. The highest BCUT2D eigenvalue weighted by Crippen LogP contribution is 2.24. The number of carboxylic acid groups (broad SMARTS) is 2. The zero-order chi connectivity index (χ0) is 25.2. The van der Waals surface area contributed by atoms with Crippen molar-refractivity contribution in [2.45, 2.75) is 51.1 Å². The molecule has 33 heavy (non-hydrogen) atoms. The zero-order valence-corrected chi connectivity index (χ0v) is 17.4. The van der Waals surface area contributed by atoms with Gasteiger partial charge in [-0.25, -0.2) is 14.6 Å². The van der Waals surface area contributed by atoms with E-state index in [0.717, 1.165) is 43.9 Å². The van der Waals surface area contributed by atoms with Crippen LogP contribution in [0.3, 0.4) is 0 Å². The molecule has 0 atom stereocenters. The lowest BCUT2D eigenvalue weighted by atomic mass is 9.96. The van der Waals surface area contributed by atoms with Crippen LogP contribution >= 0.6 is 0 Å². The number of nitrogens with zero attached hydrogens (tertiary/aromatic N) is 4. The first-order valence-corrected chi connectivity index (χ1v) is 9.42. The number of likely N-dealkylation sites (N-methyl/N-ethyl adjacent to an activating group) is 1. The summed E-state index contributed by atoms with van der Waals surface area (Å²) in [7, 11) is 2.13. The van der Waals surface area contributed by atoms with E-state index in [1.54, 1.807) is 0 Å². The highest BCUT2D eigenvalue weighted by atomic mass is 19.4. The van der Waals surface area contributed by atoms with Gasteiger partial charge in [0.15, 0.2) is 0 Å². The third-order valence-electron chi connectivity index (χ3n) is 4.24. The Bertz CT molecular complexity index is 856. The fraction of sp³-hybridized carbons (Fsp3) is 0.556. The number of alkyl halides is 6. The molecule has 0 bridgehead atoms. The fourth-order valence-corrected chi connectivity index (χ4v) is 2.61. The monoisotopic (exact) mass is 488 g/mol. The summed E-state index contributed by atoms with van der Waals surface area (Å²) in [5.74, 6) is -4.40. The number of aromatic nitrogens is 3. The number of aliphatic carboxylic acids is 2. The van der Waals surface area contributed by atoms with Crippen molar-refractivity contribution in [1.82, 2.24) is 19.6 Å². The maximum absolute atomic E-state index is 10.6. The maximum Gasteiger partial charge on any atom is 0.490 e. The van der Waals surface area contributed by atoms with Crippen LogP contribution in [0, 0.1) is 0 Å². The standard InChI is InChI=1S/C14H20N4O.2C2HF3O2/c1-17(8-9-18-7-6-15-11-18)10-13-12-4-2-3-5-14(12)19-16-13;2*3-2(4,5)1(6)7/h6-7,11H,2-5,8-10H2,1H3;2*(H,6,7). The quantitative estimate of drug-likeness (QED) is 0.616. The second-order valence-corrected chi connectivity index (χ2v) is 6.88. The number of imidazole rings is 1. The summed E-state index contributed by atoms with van der Waals surface area (Å²) in [6.45, 7) is 2.81. The van der Waals surface area contributed by atoms with E-state index < -0.39 is 24.3 Å². The third kappa shape index (κ3) is 10.4. The predicted octanol–water partition coefficient (Wildman–Crippen LogP) is 3.15. The van der Waals surface area contributed by atoms with Crippen LogP contribution in [-0.2, 0) is 35.5 Å². The number of rotatable bonds is 5. The van der Waals surface area contributed by atoms with Gasteiger partial charge in [-0.2, -0.15) is 26.3 Å². The van der Waals surface area contributed by atoms with E-state index in [0.29, 0.717) is 0 Å². The number of hydrogen-bond donors (Lipinski definition) is 2. The van der Waals surface area contributed by atoms with Crippen molar-refractivity contribution < 1.29 is 50.7 Å². The number of aryl methyl sites for hydroxylation is 1. The highest BCUT2D eigenvalue weighted by Gasteiger charge is 2.38. The van der Waals surface area contributed by atoms with Crippen molar-refractivity contribution in [3.63, 3.8) is 0 Å². The normalized spacial score (nSPS) is 13.3. The van der Waals surface area contributed by atoms with Gasteiger partial charge in [-0.3, -0.25) is 4.90 Å². The third-order valence-corrected chi connectivity index (χ3v) is 4.24. The first kappa shape index (κ1) is 27.9. The summed E-state index contributed by atoms with van der Waals surface area (Å²) in [6.07, 6.45) is 0.175. The summed E-state index contributed by atoms with van der Waals surface area (Å²) in [5.41, 5.74) is 2.49. The van der Waals surface area contributed by atoms with Gasteiger partial charge in [-0.15, -0.1) is 0 Å². The molecule has 0 saturated heterocycles. The minimum absolute atomic E-state index is 0.869. The van der Waals surface area contributed by atoms with Crippen LogP contribution in [-0.4, -0.2) is 67.7 Å². The molecule has 186 valence electrons. The van der Waals surface area contributed by atoms with Gasteiger partial charge in [0, 0.05) is 44.0 Å². The van der Waals surface area contributed by atoms with Crippen LogP contribution in [0.25, 0.3) is 0 Å². The number of carboxylic acids is 2. The highest BCUT2D eigenvalue weighted by molar-refractivity contribution is 5.73. The van der Waals surface area contributed by atoms with E-state index in [2.05, 4.69) is 26.7 Å². The van der Waals surface area contributed by atoms with Crippen molar-refractivity contribution in [1.29, 1.82) is 0 Å². The first-order valence-electron chi connectivity index (χ1n) is 9.42. The van der Waals surface area contributed by atoms with Crippen molar-refractivity contribution in [2.24, 2.45) is 0 Å². The molecule has 2 N–H and O–H groups in total. The van der Waals surface area contributed by atoms with Gasteiger partial charge in [0.2, 0.25) is 0 Å². The van der Waals surface area contributed by atoms with Crippen LogP contribution in [0.1, 0.15) is 29.9 Å². The molecule has 0 amide bonds. The molecular weight excluding hydrogens is 466 g/mol. The lowest BCUT2D eigenvalue weighted by Gasteiger charge is -2.16. The van der Waals surface area contributed by atoms with Gasteiger partial charge in [0.1, 0.15) is 11.5 Å². The summed E-state index contributed by atoms with van der Waals surface area (Å²) >= 11 is 0. The molecule has 0 spiro atoms. The predicted molar refractivity (Wildman–Crippen MR) is 99.1 cm³/mol. The topological polar surface area (TPSA) is 122 Å². The molecular formula is C18H22F6N4O5. The molecule has 3 rings (SSSR count). The number of halogens is 6. The molecule has 1 aliphatic rings. The second kappa shape index (κ2) is 12.2. The Morgan fingerprint density at radius 3 is 2.12 bits per heavy atom. The molecule has 0 saturated carbocycles. The average Bonchev–Trinajstić information content (AvgIpc) is 3.36. The Labute approximate surface area is 183 Å². The lowest BCUT2D eigenvalue weighted by Crippen LogP contribution is -2.23. The SMILES string of the molecule is CN(CCn1ccnc1)Cc1noc2c1CCCC2.O=C(O)C(F)(F)F.O=C(O)C(F)(F)F. The Morgan fingerprint density at radius 1 is 1.09 bits per heavy atom. The van der Waals surface area contributed by atoms with E-state index in [1.165, 1.54) is 18.4 Å². The maximum atomic E-state index is 10.6. The lowest BCUT2D eigenvalue weighted by molar-refractivity contribution is -0.193. The van der Waals surface area contributed by atoms with Crippen LogP contribution in [0.15, 0.2) is 23.2 Å². The van der Waals surface area contributed by atoms with Crippen molar-refractivity contribution in [2.75, 3.05) is 13.6 Å². The minimum Gasteiger partial charge on any atom is -0.475 e. The Hall–Kier alpha value is -3.10. The Morgan fingerprint density at radius 2 is 1.64 bits per heavy atom. The van der Waals surface area contributed by atoms with Gasteiger partial charge >= 0.3 is 24.3 Å². The first-order chi connectivity index (χ1) is 15.2. The molecule has 15 heteroatoms. The molecule has 0 aliphatic heterocycles. The smallest absolute Gasteiger partial charge is 0.475 e. The molecule has 2 heterocycles. The summed E-state index contributed by atoms with van der Waals surface area (Å²) < 4.78 is 71.0. The fourth-order valence-electron chi connectivity index (χ4n) is 2.61. The van der Waals surface area contributed by atoms with Crippen LogP contribution in [0.2, 0.25) is 0 Å². The minimum atomic E-state index is -5.08. The van der Waals surface area contributed by atoms with E-state index >= 15 is 0 Å². The van der Waals surface area contributed by atoms with Gasteiger partial charge in [-0.05, 0) is 26.3 Å². The molecule has 9 nitrogen and oxygen atoms in total. The molecule has 0 fully saturated rings. The number of fused-ring (bicyclic) bond motifs is 1. The Balaban J connectivity index is 0.000000324. The van der Waals surface area contributed by atoms with Crippen LogP contribution in [0.4, 0.5) is 26.3 Å². The van der Waals surface area contributed by atoms with Crippen molar-refractivity contribution in [3.05, 3.63) is 35.7 Å². The Kier molecular flexibility index (Phi) is 10.3. The van der Waals surface area contributed by atoms with Gasteiger partial charge in [-0.1, -0.05) is 5.16 Å². The van der Waals surface area contributed by atoms with Crippen LogP contribution < -0.4 is 0 Å². The molecule has 0 unspecified atom stereocenters. The van der Waals surface area contributed by atoms with E-state index in [-0.39, 0.29) is 0 Å². The number of hydrogen-bond acceptors (Lipinski definition) is 6. The van der Waals surface area contributed by atoms with Crippen molar-refractivity contribution >= 4 is 11.9 Å². The zero-order valence-electron chi connectivity index (χ0n) is 17.4. The van der Waals surface area contributed by atoms with Gasteiger partial charge < -0.3 is 19.3 Å².